The van der Waals surface area contributed by atoms with Gasteiger partial charge < -0.3 is 15.5 Å². The van der Waals surface area contributed by atoms with Crippen molar-refractivity contribution >= 4 is 17.3 Å². The second-order valence-electron chi connectivity index (χ2n) is 5.00. The zero-order valence-electron chi connectivity index (χ0n) is 11.2. The van der Waals surface area contributed by atoms with Crippen molar-refractivity contribution in [3.8, 4) is 10.8 Å². The molecule has 0 unspecified atom stereocenters. The lowest BCUT2D eigenvalue weighted by atomic mass is 9.85. The van der Waals surface area contributed by atoms with Gasteiger partial charge in [-0.25, -0.2) is 9.98 Å². The van der Waals surface area contributed by atoms with Crippen LogP contribution in [-0.2, 0) is 6.54 Å². The predicted octanol–water partition coefficient (Wildman–Crippen LogP) is 2.61. The summed E-state index contributed by atoms with van der Waals surface area (Å²) in [5, 5.41) is 5.16. The van der Waals surface area contributed by atoms with Crippen LogP contribution < -0.4 is 11.1 Å². The van der Waals surface area contributed by atoms with E-state index in [-0.39, 0.29) is 0 Å². The van der Waals surface area contributed by atoms with Crippen LogP contribution in [0.1, 0.15) is 25.0 Å². The Balaban J connectivity index is 1.52. The Morgan fingerprint density at radius 1 is 1.55 bits per heavy atom. The van der Waals surface area contributed by atoms with Crippen LogP contribution in [0.15, 0.2) is 33.2 Å². The lowest BCUT2D eigenvalue weighted by Crippen LogP contribution is -2.37. The number of nitrogens with two attached hydrogens (primary N) is 1. The van der Waals surface area contributed by atoms with Crippen LogP contribution in [-0.4, -0.2) is 17.5 Å². The number of oxazole rings is 1. The fraction of sp³-hybridized carbons (Fsp3) is 0.429. The number of aromatic nitrogens is 1. The molecule has 0 amide bonds. The van der Waals surface area contributed by atoms with Crippen molar-refractivity contribution in [3.63, 3.8) is 0 Å². The molecule has 0 aliphatic heterocycles. The molecule has 106 valence electrons. The van der Waals surface area contributed by atoms with E-state index in [1.807, 2.05) is 17.5 Å². The summed E-state index contributed by atoms with van der Waals surface area (Å²) in [7, 11) is 0. The molecule has 1 aliphatic rings. The number of guanidine groups is 1. The first kappa shape index (κ1) is 13.2. The van der Waals surface area contributed by atoms with E-state index < -0.39 is 0 Å². The maximum atomic E-state index is 5.83. The Kier molecular flexibility index (Phi) is 4.01. The molecule has 3 N–H and O–H groups in total. The Labute approximate surface area is 121 Å². The molecule has 2 aromatic heterocycles. The van der Waals surface area contributed by atoms with Gasteiger partial charge >= 0.3 is 0 Å². The van der Waals surface area contributed by atoms with Gasteiger partial charge in [0.05, 0.1) is 11.4 Å². The zero-order chi connectivity index (χ0) is 13.8. The largest absolute Gasteiger partial charge is 0.443 e. The highest BCUT2D eigenvalue weighted by Crippen LogP contribution is 2.25. The molecular weight excluding hydrogens is 272 g/mol. The van der Waals surface area contributed by atoms with Gasteiger partial charge in [-0.2, -0.15) is 0 Å². The number of thiophene rings is 1. The van der Waals surface area contributed by atoms with Gasteiger partial charge in [0.25, 0.3) is 0 Å². The van der Waals surface area contributed by atoms with E-state index in [1.54, 1.807) is 17.6 Å². The molecular formula is C14H18N4OS. The number of nitrogens with zero attached hydrogens (tertiary/aromatic N) is 2. The third-order valence-electron chi connectivity index (χ3n) is 3.49. The van der Waals surface area contributed by atoms with Gasteiger partial charge in [0, 0.05) is 6.54 Å². The van der Waals surface area contributed by atoms with Gasteiger partial charge in [-0.3, -0.25) is 0 Å². The normalized spacial score (nSPS) is 16.1. The third kappa shape index (κ3) is 3.19. The standard InChI is InChI=1S/C14H18N4OS/c15-14(16-7-10-3-1-4-10)17-8-11-9-19-13(18-11)12-5-2-6-20-12/h2,5-6,9-10H,1,3-4,7-8H2,(H3,15,16,17). The first-order valence-corrected chi connectivity index (χ1v) is 7.71. The summed E-state index contributed by atoms with van der Waals surface area (Å²) in [4.78, 5) is 9.71. The van der Waals surface area contributed by atoms with E-state index in [0.717, 1.165) is 23.0 Å². The van der Waals surface area contributed by atoms with Gasteiger partial charge in [-0.1, -0.05) is 12.5 Å². The van der Waals surface area contributed by atoms with Crippen LogP contribution in [0.3, 0.4) is 0 Å². The summed E-state index contributed by atoms with van der Waals surface area (Å²) < 4.78 is 5.43. The zero-order valence-corrected chi connectivity index (χ0v) is 12.0. The summed E-state index contributed by atoms with van der Waals surface area (Å²) >= 11 is 1.60. The number of aliphatic imine (C=N–C) groups is 1. The minimum Gasteiger partial charge on any atom is -0.443 e. The molecule has 0 radical (unpaired) electrons. The smallest absolute Gasteiger partial charge is 0.236 e. The monoisotopic (exact) mass is 290 g/mol. The Morgan fingerprint density at radius 2 is 2.45 bits per heavy atom. The molecule has 0 saturated heterocycles. The molecule has 2 aromatic rings. The highest BCUT2D eigenvalue weighted by molar-refractivity contribution is 7.13. The van der Waals surface area contributed by atoms with Crippen molar-refractivity contribution in [3.05, 3.63) is 29.5 Å². The lowest BCUT2D eigenvalue weighted by Gasteiger charge is -2.25. The fourth-order valence-electron chi connectivity index (χ4n) is 2.06. The molecule has 1 fully saturated rings. The number of hydrogen-bond acceptors (Lipinski definition) is 4. The maximum Gasteiger partial charge on any atom is 0.236 e. The highest BCUT2D eigenvalue weighted by Gasteiger charge is 2.16. The molecule has 0 atom stereocenters. The summed E-state index contributed by atoms with van der Waals surface area (Å²) in [5.74, 6) is 1.89. The van der Waals surface area contributed by atoms with Gasteiger partial charge in [-0.15, -0.1) is 11.3 Å². The summed E-state index contributed by atoms with van der Waals surface area (Å²) in [5.41, 5.74) is 6.63. The van der Waals surface area contributed by atoms with Crippen molar-refractivity contribution in [2.75, 3.05) is 6.54 Å². The van der Waals surface area contributed by atoms with E-state index in [2.05, 4.69) is 15.3 Å². The van der Waals surface area contributed by atoms with E-state index in [4.69, 9.17) is 10.2 Å². The molecule has 2 heterocycles. The van der Waals surface area contributed by atoms with Gasteiger partial charge in [0.15, 0.2) is 5.96 Å². The molecule has 0 bridgehead atoms. The van der Waals surface area contributed by atoms with E-state index in [1.165, 1.54) is 19.3 Å². The van der Waals surface area contributed by atoms with Crippen LogP contribution in [0, 0.1) is 5.92 Å². The molecule has 1 aliphatic carbocycles. The average molecular weight is 290 g/mol. The van der Waals surface area contributed by atoms with Gasteiger partial charge in [0.1, 0.15) is 12.0 Å². The third-order valence-corrected chi connectivity index (χ3v) is 4.35. The van der Waals surface area contributed by atoms with Crippen molar-refractivity contribution in [1.29, 1.82) is 0 Å². The minimum absolute atomic E-state index is 0.443. The summed E-state index contributed by atoms with van der Waals surface area (Å²) in [6.45, 7) is 1.37. The topological polar surface area (TPSA) is 76.4 Å². The highest BCUT2D eigenvalue weighted by atomic mass is 32.1. The van der Waals surface area contributed by atoms with E-state index in [9.17, 15) is 0 Å². The van der Waals surface area contributed by atoms with Crippen LogP contribution in [0.5, 0.6) is 0 Å². The predicted molar refractivity (Wildman–Crippen MR) is 80.5 cm³/mol. The SMILES string of the molecule is NC(=NCc1coc(-c2cccs2)n1)NCC1CCC1. The molecule has 20 heavy (non-hydrogen) atoms. The number of nitrogens with one attached hydrogen (secondary N) is 1. The van der Waals surface area contributed by atoms with Crippen molar-refractivity contribution in [2.24, 2.45) is 16.6 Å². The van der Waals surface area contributed by atoms with Crippen LogP contribution in [0.25, 0.3) is 10.8 Å². The molecule has 1 saturated carbocycles. The molecule has 5 nitrogen and oxygen atoms in total. The molecule has 0 aromatic carbocycles. The van der Waals surface area contributed by atoms with Crippen molar-refractivity contribution in [2.45, 2.75) is 25.8 Å². The number of hydrogen-bond donors (Lipinski definition) is 2. The first-order valence-electron chi connectivity index (χ1n) is 6.83. The molecule has 6 heteroatoms. The molecule has 3 rings (SSSR count). The van der Waals surface area contributed by atoms with Crippen LogP contribution in [0.4, 0.5) is 0 Å². The van der Waals surface area contributed by atoms with Crippen LogP contribution in [0.2, 0.25) is 0 Å². The summed E-state index contributed by atoms with van der Waals surface area (Å²) in [6, 6.07) is 3.96. The average Bonchev–Trinajstić information content (AvgIpc) is 3.05. The lowest BCUT2D eigenvalue weighted by molar-refractivity contribution is 0.315. The summed E-state index contributed by atoms with van der Waals surface area (Å²) in [6.07, 6.45) is 5.58. The maximum absolute atomic E-state index is 5.83. The first-order chi connectivity index (χ1) is 9.81. The van der Waals surface area contributed by atoms with Gasteiger partial charge in [0.2, 0.25) is 5.89 Å². The molecule has 0 spiro atoms. The Morgan fingerprint density at radius 3 is 3.15 bits per heavy atom. The van der Waals surface area contributed by atoms with Crippen molar-refractivity contribution < 1.29 is 4.42 Å². The van der Waals surface area contributed by atoms with E-state index >= 15 is 0 Å². The number of rotatable bonds is 5. The quantitative estimate of drug-likeness (QED) is 0.655. The van der Waals surface area contributed by atoms with E-state index in [0.29, 0.717) is 18.4 Å². The van der Waals surface area contributed by atoms with Crippen LogP contribution >= 0.6 is 11.3 Å². The second-order valence-corrected chi connectivity index (χ2v) is 5.95. The fourth-order valence-corrected chi connectivity index (χ4v) is 2.72. The second kappa shape index (κ2) is 6.09. The minimum atomic E-state index is 0.443. The van der Waals surface area contributed by atoms with Gasteiger partial charge in [-0.05, 0) is 30.2 Å². The van der Waals surface area contributed by atoms with Crippen molar-refractivity contribution in [1.82, 2.24) is 10.3 Å². The Bertz CT molecular complexity index is 572. The Hall–Kier alpha value is -1.82.